The Morgan fingerprint density at radius 2 is 1.79 bits per heavy atom. The quantitative estimate of drug-likeness (QED) is 0.791. The molecule has 0 radical (unpaired) electrons. The molecular weight excluding hydrogens is 324 g/mol. The van der Waals surface area contributed by atoms with Crippen LogP contribution in [0.15, 0.2) is 60.7 Å². The van der Waals surface area contributed by atoms with Crippen molar-refractivity contribution < 1.29 is 13.2 Å². The Morgan fingerprint density at radius 3 is 2.46 bits per heavy atom. The monoisotopic (exact) mass is 344 g/mol. The Labute approximate surface area is 142 Å². The predicted octanol–water partition coefficient (Wildman–Crippen LogP) is 2.95. The molecule has 0 saturated carbocycles. The number of nitrogens with one attached hydrogen (secondary N) is 2. The van der Waals surface area contributed by atoms with Crippen molar-refractivity contribution in [2.24, 2.45) is 0 Å². The van der Waals surface area contributed by atoms with Crippen LogP contribution in [0.1, 0.15) is 24.1 Å². The second-order valence-electron chi connectivity index (χ2n) is 5.47. The lowest BCUT2D eigenvalue weighted by Gasteiger charge is -2.14. The van der Waals surface area contributed by atoms with Crippen molar-refractivity contribution in [2.45, 2.75) is 13.0 Å². The normalized spacial score (nSPS) is 12.8. The topological polar surface area (TPSA) is 75.3 Å². The summed E-state index contributed by atoms with van der Waals surface area (Å²) in [6.45, 7) is 1.84. The minimum atomic E-state index is -3.33. The van der Waals surface area contributed by atoms with Gasteiger partial charge in [0.25, 0.3) is 0 Å². The number of benzene rings is 2. The lowest BCUT2D eigenvalue weighted by molar-refractivity contribution is -0.117. The number of carbonyl (C=O) groups excluding carboxylic acids is 1. The molecule has 0 aliphatic rings. The summed E-state index contributed by atoms with van der Waals surface area (Å²) >= 11 is 0. The molecule has 0 unspecified atom stereocenters. The van der Waals surface area contributed by atoms with E-state index in [2.05, 4.69) is 10.0 Å². The zero-order valence-corrected chi connectivity index (χ0v) is 14.4. The van der Waals surface area contributed by atoms with E-state index in [1.165, 1.54) is 6.08 Å². The molecule has 24 heavy (non-hydrogen) atoms. The molecule has 126 valence electrons. The smallest absolute Gasteiger partial charge is 0.244 e. The van der Waals surface area contributed by atoms with Gasteiger partial charge in [0, 0.05) is 11.8 Å². The van der Waals surface area contributed by atoms with Gasteiger partial charge in [-0.2, -0.15) is 0 Å². The minimum Gasteiger partial charge on any atom is -0.346 e. The van der Waals surface area contributed by atoms with Crippen LogP contribution in [0.5, 0.6) is 0 Å². The first-order valence-electron chi connectivity index (χ1n) is 7.45. The van der Waals surface area contributed by atoms with Crippen molar-refractivity contribution in [1.82, 2.24) is 5.32 Å². The van der Waals surface area contributed by atoms with Crippen LogP contribution >= 0.6 is 0 Å². The largest absolute Gasteiger partial charge is 0.346 e. The summed E-state index contributed by atoms with van der Waals surface area (Å²) in [5.74, 6) is -0.215. The molecule has 6 heteroatoms. The molecule has 0 saturated heterocycles. The van der Waals surface area contributed by atoms with Crippen LogP contribution in [-0.2, 0) is 14.8 Å². The molecule has 0 spiro atoms. The molecule has 5 nitrogen and oxygen atoms in total. The van der Waals surface area contributed by atoms with Crippen LogP contribution in [0.4, 0.5) is 5.69 Å². The molecule has 0 aliphatic heterocycles. The standard InChI is InChI=1S/C18H20N2O3S/c1-14(16-9-6-10-17(13-16)20-24(2,22)23)19-18(21)12-11-15-7-4-3-5-8-15/h3-14,20H,1-2H3,(H,19,21)/b12-11-/t14-/m0/s1. The van der Waals surface area contributed by atoms with E-state index in [1.807, 2.05) is 43.3 Å². The van der Waals surface area contributed by atoms with Gasteiger partial charge in [-0.1, -0.05) is 42.5 Å². The average Bonchev–Trinajstić information content (AvgIpc) is 2.52. The van der Waals surface area contributed by atoms with Gasteiger partial charge < -0.3 is 5.32 Å². The van der Waals surface area contributed by atoms with Gasteiger partial charge in [-0.25, -0.2) is 8.42 Å². The highest BCUT2D eigenvalue weighted by Crippen LogP contribution is 2.18. The van der Waals surface area contributed by atoms with Gasteiger partial charge in [-0.3, -0.25) is 9.52 Å². The maximum atomic E-state index is 12.0. The third-order valence-corrected chi connectivity index (χ3v) is 3.88. The van der Waals surface area contributed by atoms with E-state index >= 15 is 0 Å². The minimum absolute atomic E-state index is 0.215. The summed E-state index contributed by atoms with van der Waals surface area (Å²) < 4.78 is 25.0. The maximum absolute atomic E-state index is 12.0. The fourth-order valence-electron chi connectivity index (χ4n) is 2.17. The van der Waals surface area contributed by atoms with Gasteiger partial charge >= 0.3 is 0 Å². The SMILES string of the molecule is C[C@H](NC(=O)/C=C\c1ccccc1)c1cccc(NS(C)(=O)=O)c1. The number of hydrogen-bond donors (Lipinski definition) is 2. The van der Waals surface area contributed by atoms with Crippen LogP contribution in [0.2, 0.25) is 0 Å². The summed E-state index contributed by atoms with van der Waals surface area (Å²) in [6, 6.07) is 16.2. The van der Waals surface area contributed by atoms with Crippen LogP contribution in [0.25, 0.3) is 6.08 Å². The Bertz CT molecular complexity index is 830. The van der Waals surface area contributed by atoms with E-state index in [0.717, 1.165) is 17.4 Å². The lowest BCUT2D eigenvalue weighted by atomic mass is 10.1. The lowest BCUT2D eigenvalue weighted by Crippen LogP contribution is -2.24. The van der Waals surface area contributed by atoms with Crippen molar-refractivity contribution in [1.29, 1.82) is 0 Å². The van der Waals surface area contributed by atoms with Gasteiger partial charge in [0.15, 0.2) is 0 Å². The molecule has 2 rings (SSSR count). The highest BCUT2D eigenvalue weighted by Gasteiger charge is 2.09. The zero-order valence-electron chi connectivity index (χ0n) is 13.6. The molecule has 0 heterocycles. The summed E-state index contributed by atoms with van der Waals surface area (Å²) in [4.78, 5) is 12.0. The highest BCUT2D eigenvalue weighted by atomic mass is 32.2. The average molecular weight is 344 g/mol. The van der Waals surface area contributed by atoms with Crippen LogP contribution in [0, 0.1) is 0 Å². The van der Waals surface area contributed by atoms with E-state index < -0.39 is 10.0 Å². The molecule has 0 aromatic heterocycles. The summed E-state index contributed by atoms with van der Waals surface area (Å²) in [5.41, 5.74) is 2.22. The van der Waals surface area contributed by atoms with E-state index in [9.17, 15) is 13.2 Å². The van der Waals surface area contributed by atoms with E-state index in [1.54, 1.807) is 24.3 Å². The number of carbonyl (C=O) groups is 1. The van der Waals surface area contributed by atoms with Crippen molar-refractivity contribution in [3.63, 3.8) is 0 Å². The van der Waals surface area contributed by atoms with Crippen molar-refractivity contribution in [2.75, 3.05) is 11.0 Å². The van der Waals surface area contributed by atoms with Crippen LogP contribution < -0.4 is 10.0 Å². The first-order chi connectivity index (χ1) is 11.3. The Kier molecular flexibility index (Phi) is 5.76. The fourth-order valence-corrected chi connectivity index (χ4v) is 2.72. The summed E-state index contributed by atoms with van der Waals surface area (Å²) in [7, 11) is -3.33. The van der Waals surface area contributed by atoms with Gasteiger partial charge in [-0.05, 0) is 36.3 Å². The molecule has 0 fully saturated rings. The second-order valence-corrected chi connectivity index (χ2v) is 7.22. The van der Waals surface area contributed by atoms with Crippen LogP contribution in [0.3, 0.4) is 0 Å². The second kappa shape index (κ2) is 7.79. The van der Waals surface area contributed by atoms with E-state index in [-0.39, 0.29) is 11.9 Å². The zero-order chi connectivity index (χ0) is 17.6. The number of anilines is 1. The summed E-state index contributed by atoms with van der Waals surface area (Å²) in [5, 5.41) is 2.85. The van der Waals surface area contributed by atoms with Crippen molar-refractivity contribution in [3.05, 3.63) is 71.8 Å². The van der Waals surface area contributed by atoms with E-state index in [4.69, 9.17) is 0 Å². The molecule has 2 aromatic rings. The number of rotatable bonds is 6. The molecule has 2 aromatic carbocycles. The first kappa shape index (κ1) is 17.7. The Hall–Kier alpha value is -2.60. The number of amides is 1. The van der Waals surface area contributed by atoms with Crippen molar-refractivity contribution in [3.8, 4) is 0 Å². The highest BCUT2D eigenvalue weighted by molar-refractivity contribution is 7.92. The fraction of sp³-hybridized carbons (Fsp3) is 0.167. The third-order valence-electron chi connectivity index (χ3n) is 3.28. The van der Waals surface area contributed by atoms with Crippen molar-refractivity contribution >= 4 is 27.7 Å². The Balaban J connectivity index is 2.01. The molecule has 1 atom stereocenters. The molecule has 0 aliphatic carbocycles. The number of hydrogen-bond acceptors (Lipinski definition) is 3. The molecule has 2 N–H and O–H groups in total. The Morgan fingerprint density at radius 1 is 1.08 bits per heavy atom. The van der Waals surface area contributed by atoms with E-state index in [0.29, 0.717) is 5.69 Å². The molecule has 0 bridgehead atoms. The van der Waals surface area contributed by atoms with Gasteiger partial charge in [0.1, 0.15) is 0 Å². The van der Waals surface area contributed by atoms with Gasteiger partial charge in [-0.15, -0.1) is 0 Å². The van der Waals surface area contributed by atoms with Crippen LogP contribution in [-0.4, -0.2) is 20.6 Å². The van der Waals surface area contributed by atoms with Gasteiger partial charge in [0.05, 0.1) is 12.3 Å². The van der Waals surface area contributed by atoms with Gasteiger partial charge in [0.2, 0.25) is 15.9 Å². The predicted molar refractivity (Wildman–Crippen MR) is 96.9 cm³/mol. The molecule has 1 amide bonds. The third kappa shape index (κ3) is 5.89. The molecular formula is C18H20N2O3S. The first-order valence-corrected chi connectivity index (χ1v) is 9.34. The number of sulfonamides is 1. The maximum Gasteiger partial charge on any atom is 0.244 e. The summed E-state index contributed by atoms with van der Waals surface area (Å²) in [6.07, 6.45) is 4.31.